The first kappa shape index (κ1) is 15.3. The van der Waals surface area contributed by atoms with Gasteiger partial charge in [0, 0.05) is 5.69 Å². The highest BCUT2D eigenvalue weighted by molar-refractivity contribution is 6.05. The molecule has 2 aromatic carbocycles. The Morgan fingerprint density at radius 2 is 1.70 bits per heavy atom. The van der Waals surface area contributed by atoms with Gasteiger partial charge in [0.2, 0.25) is 5.91 Å². The molecule has 1 aliphatic rings. The van der Waals surface area contributed by atoms with Crippen molar-refractivity contribution in [1.82, 2.24) is 0 Å². The molecule has 5 nitrogen and oxygen atoms in total. The minimum atomic E-state index is -0.641. The van der Waals surface area contributed by atoms with Gasteiger partial charge >= 0.3 is 0 Å². The molecular formula is C17H17FN2O3. The number of anilines is 1. The van der Waals surface area contributed by atoms with Gasteiger partial charge in [0.25, 0.3) is 0 Å². The summed E-state index contributed by atoms with van der Waals surface area (Å²) >= 11 is 0. The number of halogens is 1. The third kappa shape index (κ3) is 2.51. The number of methoxy groups -OCH3 is 2. The SMILES string of the molecule is COc1ccc([C@@H]2[C@@H](N)C(=O)N2c2ccc(F)cc2)cc1OC. The summed E-state index contributed by atoms with van der Waals surface area (Å²) in [6.45, 7) is 0. The van der Waals surface area contributed by atoms with E-state index >= 15 is 0 Å². The summed E-state index contributed by atoms with van der Waals surface area (Å²) in [4.78, 5) is 13.7. The van der Waals surface area contributed by atoms with Crippen molar-refractivity contribution >= 4 is 11.6 Å². The van der Waals surface area contributed by atoms with Crippen LogP contribution in [0, 0.1) is 5.82 Å². The third-order valence-corrected chi connectivity index (χ3v) is 3.99. The maximum atomic E-state index is 13.1. The Hall–Kier alpha value is -2.60. The van der Waals surface area contributed by atoms with Crippen LogP contribution in [0.3, 0.4) is 0 Å². The molecule has 3 rings (SSSR count). The van der Waals surface area contributed by atoms with E-state index in [1.807, 2.05) is 6.07 Å². The number of β-lactam (4-membered cyclic amide) rings is 1. The molecular weight excluding hydrogens is 299 g/mol. The molecule has 2 N–H and O–H groups in total. The molecule has 23 heavy (non-hydrogen) atoms. The average molecular weight is 316 g/mol. The van der Waals surface area contributed by atoms with Crippen molar-refractivity contribution in [2.24, 2.45) is 5.73 Å². The minimum absolute atomic E-state index is 0.198. The van der Waals surface area contributed by atoms with Gasteiger partial charge in [-0.05, 0) is 42.0 Å². The largest absolute Gasteiger partial charge is 0.493 e. The fourth-order valence-corrected chi connectivity index (χ4v) is 2.79. The molecule has 0 aliphatic carbocycles. The van der Waals surface area contributed by atoms with Gasteiger partial charge in [0.05, 0.1) is 20.3 Å². The molecule has 2 aromatic rings. The molecule has 2 atom stereocenters. The molecule has 1 heterocycles. The number of benzene rings is 2. The maximum absolute atomic E-state index is 13.1. The average Bonchev–Trinajstić information content (AvgIpc) is 2.59. The first-order valence-corrected chi connectivity index (χ1v) is 7.13. The monoisotopic (exact) mass is 316 g/mol. The smallest absolute Gasteiger partial charge is 0.247 e. The lowest BCUT2D eigenvalue weighted by Crippen LogP contribution is -2.63. The predicted molar refractivity (Wildman–Crippen MR) is 84.1 cm³/mol. The summed E-state index contributed by atoms with van der Waals surface area (Å²) in [7, 11) is 3.10. The first-order chi connectivity index (χ1) is 11.1. The molecule has 1 saturated heterocycles. The fourth-order valence-electron chi connectivity index (χ4n) is 2.79. The minimum Gasteiger partial charge on any atom is -0.493 e. The normalized spacial score (nSPS) is 20.2. The van der Waals surface area contributed by atoms with E-state index in [4.69, 9.17) is 15.2 Å². The second-order valence-corrected chi connectivity index (χ2v) is 5.27. The van der Waals surface area contributed by atoms with Crippen LogP contribution in [-0.4, -0.2) is 26.2 Å². The summed E-state index contributed by atoms with van der Waals surface area (Å²) in [5.74, 6) is 0.615. The van der Waals surface area contributed by atoms with Crippen LogP contribution < -0.4 is 20.1 Å². The van der Waals surface area contributed by atoms with Crippen molar-refractivity contribution in [3.63, 3.8) is 0 Å². The van der Waals surface area contributed by atoms with Crippen LogP contribution in [0.15, 0.2) is 42.5 Å². The molecule has 1 aliphatic heterocycles. The van der Waals surface area contributed by atoms with E-state index in [-0.39, 0.29) is 17.8 Å². The maximum Gasteiger partial charge on any atom is 0.247 e. The van der Waals surface area contributed by atoms with Gasteiger partial charge in [-0.2, -0.15) is 0 Å². The van der Waals surface area contributed by atoms with Crippen molar-refractivity contribution in [3.05, 3.63) is 53.8 Å². The number of hydrogen-bond donors (Lipinski definition) is 1. The molecule has 0 unspecified atom stereocenters. The van der Waals surface area contributed by atoms with Gasteiger partial charge in [-0.25, -0.2) is 4.39 Å². The van der Waals surface area contributed by atoms with Crippen LogP contribution in [0.2, 0.25) is 0 Å². The number of hydrogen-bond acceptors (Lipinski definition) is 4. The molecule has 0 bridgehead atoms. The van der Waals surface area contributed by atoms with E-state index in [0.717, 1.165) is 5.56 Å². The fraction of sp³-hybridized carbons (Fsp3) is 0.235. The number of nitrogens with zero attached hydrogens (tertiary/aromatic N) is 1. The Morgan fingerprint density at radius 1 is 1.04 bits per heavy atom. The summed E-state index contributed by atoms with van der Waals surface area (Å²) in [6.07, 6.45) is 0. The Morgan fingerprint density at radius 3 is 2.30 bits per heavy atom. The highest BCUT2D eigenvalue weighted by atomic mass is 19.1. The number of nitrogens with two attached hydrogens (primary N) is 1. The van der Waals surface area contributed by atoms with E-state index in [1.165, 1.54) is 12.1 Å². The molecule has 1 amide bonds. The lowest BCUT2D eigenvalue weighted by Gasteiger charge is -2.45. The lowest BCUT2D eigenvalue weighted by molar-refractivity contribution is -0.126. The van der Waals surface area contributed by atoms with Crippen LogP contribution in [-0.2, 0) is 4.79 Å². The van der Waals surface area contributed by atoms with Crippen LogP contribution >= 0.6 is 0 Å². The number of rotatable bonds is 4. The molecule has 1 fully saturated rings. The molecule has 0 radical (unpaired) electrons. The predicted octanol–water partition coefficient (Wildman–Crippen LogP) is 2.26. The van der Waals surface area contributed by atoms with Crippen LogP contribution in [0.4, 0.5) is 10.1 Å². The number of carbonyl (C=O) groups excluding carboxylic acids is 1. The van der Waals surface area contributed by atoms with E-state index < -0.39 is 6.04 Å². The topological polar surface area (TPSA) is 64.8 Å². The van der Waals surface area contributed by atoms with Crippen molar-refractivity contribution < 1.29 is 18.7 Å². The highest BCUT2D eigenvalue weighted by Gasteiger charge is 2.46. The standard InChI is InChI=1S/C17H17FN2O3/c1-22-13-8-3-10(9-14(13)23-2)16-15(19)17(21)20(16)12-6-4-11(18)5-7-12/h3-9,15-16H,19H2,1-2H3/t15-,16-/m1/s1. The Labute approximate surface area is 133 Å². The highest BCUT2D eigenvalue weighted by Crippen LogP contribution is 2.40. The van der Waals surface area contributed by atoms with E-state index in [0.29, 0.717) is 17.2 Å². The molecule has 0 saturated carbocycles. The van der Waals surface area contributed by atoms with Crippen molar-refractivity contribution in [2.75, 3.05) is 19.1 Å². The first-order valence-electron chi connectivity index (χ1n) is 7.13. The quantitative estimate of drug-likeness (QED) is 0.879. The van der Waals surface area contributed by atoms with Gasteiger partial charge in [-0.3, -0.25) is 4.79 Å². The van der Waals surface area contributed by atoms with Gasteiger partial charge in [-0.1, -0.05) is 6.07 Å². The van der Waals surface area contributed by atoms with E-state index in [9.17, 15) is 9.18 Å². The van der Waals surface area contributed by atoms with Gasteiger partial charge in [-0.15, -0.1) is 0 Å². The van der Waals surface area contributed by atoms with Gasteiger partial charge in [0.1, 0.15) is 11.9 Å². The zero-order valence-electron chi connectivity index (χ0n) is 12.8. The van der Waals surface area contributed by atoms with Gasteiger partial charge in [0.15, 0.2) is 11.5 Å². The third-order valence-electron chi connectivity index (χ3n) is 3.99. The van der Waals surface area contributed by atoms with Crippen LogP contribution in [0.1, 0.15) is 11.6 Å². The van der Waals surface area contributed by atoms with Crippen molar-refractivity contribution in [3.8, 4) is 11.5 Å². The number of ether oxygens (including phenoxy) is 2. The van der Waals surface area contributed by atoms with Crippen molar-refractivity contribution in [1.29, 1.82) is 0 Å². The van der Waals surface area contributed by atoms with Crippen LogP contribution in [0.25, 0.3) is 0 Å². The summed E-state index contributed by atoms with van der Waals surface area (Å²) < 4.78 is 23.6. The summed E-state index contributed by atoms with van der Waals surface area (Å²) in [5.41, 5.74) is 7.42. The second-order valence-electron chi connectivity index (χ2n) is 5.27. The number of carbonyl (C=O) groups is 1. The molecule has 6 heteroatoms. The Bertz CT molecular complexity index is 733. The van der Waals surface area contributed by atoms with Crippen LogP contribution in [0.5, 0.6) is 11.5 Å². The lowest BCUT2D eigenvalue weighted by atomic mass is 9.88. The Kier molecular flexibility index (Phi) is 3.92. The van der Waals surface area contributed by atoms with E-state index in [1.54, 1.807) is 43.4 Å². The number of amides is 1. The zero-order chi connectivity index (χ0) is 16.6. The summed E-state index contributed by atoms with van der Waals surface area (Å²) in [5, 5.41) is 0. The Balaban J connectivity index is 1.97. The summed E-state index contributed by atoms with van der Waals surface area (Å²) in [6, 6.07) is 10.2. The zero-order valence-corrected chi connectivity index (χ0v) is 12.8. The molecule has 0 spiro atoms. The van der Waals surface area contributed by atoms with E-state index in [2.05, 4.69) is 0 Å². The molecule has 0 aromatic heterocycles. The van der Waals surface area contributed by atoms with Crippen molar-refractivity contribution in [2.45, 2.75) is 12.1 Å². The molecule has 120 valence electrons. The van der Waals surface area contributed by atoms with Gasteiger partial charge < -0.3 is 20.1 Å². The second kappa shape index (κ2) is 5.89.